The van der Waals surface area contributed by atoms with Gasteiger partial charge in [-0.15, -0.1) is 24.8 Å². The summed E-state index contributed by atoms with van der Waals surface area (Å²) in [6, 6.07) is 2.53. The molecule has 0 aromatic heterocycles. The molecule has 1 aromatic rings. The monoisotopic (exact) mass is 372 g/mol. The summed E-state index contributed by atoms with van der Waals surface area (Å²) in [4.78, 5) is 1.79. The zero-order valence-electron chi connectivity index (χ0n) is 13.5. The molecule has 0 radical (unpaired) electrons. The average Bonchev–Trinajstić information content (AvgIpc) is 2.49. The molecular weight excluding hydrogens is 349 g/mol. The molecule has 1 aromatic carbocycles. The van der Waals surface area contributed by atoms with Gasteiger partial charge in [0.15, 0.2) is 0 Å². The molecule has 134 valence electrons. The van der Waals surface area contributed by atoms with E-state index in [2.05, 4.69) is 5.32 Å². The van der Waals surface area contributed by atoms with E-state index < -0.39 is 12.5 Å². The summed E-state index contributed by atoms with van der Waals surface area (Å²) in [7, 11) is 3.00. The summed E-state index contributed by atoms with van der Waals surface area (Å²) in [5.74, 6) is 0.909. The smallest absolute Gasteiger partial charge is 0.258 e. The van der Waals surface area contributed by atoms with Crippen molar-refractivity contribution in [2.75, 3.05) is 40.4 Å². The molecule has 23 heavy (non-hydrogen) atoms. The Kier molecular flexibility index (Phi) is 9.77. The van der Waals surface area contributed by atoms with Crippen LogP contribution in [0.5, 0.6) is 11.5 Å². The SMILES string of the molecule is COc1cc(C)cc(OC)c1[C@@H](C(F)F)N1CCNCC1.Cl.Cl. The van der Waals surface area contributed by atoms with Gasteiger partial charge in [0.05, 0.1) is 19.8 Å². The molecule has 1 aliphatic rings. The topological polar surface area (TPSA) is 33.7 Å². The van der Waals surface area contributed by atoms with Gasteiger partial charge in [0.2, 0.25) is 0 Å². The zero-order chi connectivity index (χ0) is 15.4. The first kappa shape index (κ1) is 22.2. The number of methoxy groups -OCH3 is 2. The Morgan fingerprint density at radius 1 is 1.04 bits per heavy atom. The minimum atomic E-state index is -2.51. The van der Waals surface area contributed by atoms with Crippen molar-refractivity contribution in [3.8, 4) is 11.5 Å². The Morgan fingerprint density at radius 3 is 1.91 bits per heavy atom. The Hall–Kier alpha value is -0.820. The number of rotatable bonds is 5. The minimum Gasteiger partial charge on any atom is -0.496 e. The first-order valence-electron chi connectivity index (χ1n) is 7.04. The van der Waals surface area contributed by atoms with Crippen molar-refractivity contribution in [1.29, 1.82) is 0 Å². The van der Waals surface area contributed by atoms with Crippen molar-refractivity contribution < 1.29 is 18.3 Å². The fourth-order valence-corrected chi connectivity index (χ4v) is 2.79. The van der Waals surface area contributed by atoms with Gasteiger partial charge in [0.25, 0.3) is 6.43 Å². The van der Waals surface area contributed by atoms with Crippen molar-refractivity contribution in [1.82, 2.24) is 10.2 Å². The Labute approximate surface area is 148 Å². The lowest BCUT2D eigenvalue weighted by molar-refractivity contribution is 0.0158. The first-order valence-corrected chi connectivity index (χ1v) is 7.04. The highest BCUT2D eigenvalue weighted by atomic mass is 35.5. The first-order chi connectivity index (χ1) is 10.1. The molecule has 1 N–H and O–H groups in total. The van der Waals surface area contributed by atoms with Gasteiger partial charge in [0, 0.05) is 26.2 Å². The molecule has 0 amide bonds. The summed E-state index contributed by atoms with van der Waals surface area (Å²) >= 11 is 0. The predicted octanol–water partition coefficient (Wildman–Crippen LogP) is 3.07. The van der Waals surface area contributed by atoms with E-state index in [0.717, 1.165) is 5.56 Å². The van der Waals surface area contributed by atoms with Gasteiger partial charge in [-0.2, -0.15) is 0 Å². The highest BCUT2D eigenvalue weighted by Gasteiger charge is 2.35. The lowest BCUT2D eigenvalue weighted by atomic mass is 10.00. The second-order valence-electron chi connectivity index (χ2n) is 5.15. The molecule has 0 unspecified atom stereocenters. The van der Waals surface area contributed by atoms with Crippen LogP contribution in [0.1, 0.15) is 17.2 Å². The molecule has 1 saturated heterocycles. The van der Waals surface area contributed by atoms with E-state index >= 15 is 0 Å². The molecule has 0 spiro atoms. The van der Waals surface area contributed by atoms with Crippen LogP contribution in [-0.2, 0) is 0 Å². The molecular formula is C15H24Cl2F2N2O2. The van der Waals surface area contributed by atoms with Crippen LogP contribution in [0.4, 0.5) is 8.78 Å². The second kappa shape index (κ2) is 10.1. The highest BCUT2D eigenvalue weighted by Crippen LogP contribution is 2.41. The normalized spacial score (nSPS) is 16.3. The predicted molar refractivity (Wildman–Crippen MR) is 92.0 cm³/mol. The third-order valence-electron chi connectivity index (χ3n) is 3.77. The molecule has 8 heteroatoms. The summed E-state index contributed by atoms with van der Waals surface area (Å²) in [5, 5.41) is 3.18. The molecule has 1 atom stereocenters. The van der Waals surface area contributed by atoms with E-state index in [1.807, 2.05) is 6.92 Å². The second-order valence-corrected chi connectivity index (χ2v) is 5.15. The van der Waals surface area contributed by atoms with Crippen LogP contribution >= 0.6 is 24.8 Å². The third-order valence-corrected chi connectivity index (χ3v) is 3.77. The minimum absolute atomic E-state index is 0. The van der Waals surface area contributed by atoms with Gasteiger partial charge in [-0.1, -0.05) is 0 Å². The van der Waals surface area contributed by atoms with Crippen molar-refractivity contribution >= 4 is 24.8 Å². The number of alkyl halides is 2. The fourth-order valence-electron chi connectivity index (χ4n) is 2.79. The van der Waals surface area contributed by atoms with E-state index in [1.165, 1.54) is 14.2 Å². The van der Waals surface area contributed by atoms with Gasteiger partial charge in [-0.05, 0) is 24.6 Å². The Morgan fingerprint density at radius 2 is 1.52 bits per heavy atom. The van der Waals surface area contributed by atoms with Crippen LogP contribution in [0, 0.1) is 6.92 Å². The summed E-state index contributed by atoms with van der Waals surface area (Å²) in [5.41, 5.74) is 1.35. The molecule has 4 nitrogen and oxygen atoms in total. The maximum absolute atomic E-state index is 13.7. The largest absolute Gasteiger partial charge is 0.496 e. The number of ether oxygens (including phenoxy) is 2. The van der Waals surface area contributed by atoms with Crippen LogP contribution < -0.4 is 14.8 Å². The van der Waals surface area contributed by atoms with E-state index in [9.17, 15) is 8.78 Å². The number of halogens is 4. The fraction of sp³-hybridized carbons (Fsp3) is 0.600. The van der Waals surface area contributed by atoms with Crippen LogP contribution in [0.3, 0.4) is 0 Å². The van der Waals surface area contributed by atoms with E-state index in [4.69, 9.17) is 9.47 Å². The van der Waals surface area contributed by atoms with Crippen molar-refractivity contribution in [3.63, 3.8) is 0 Å². The molecule has 0 saturated carbocycles. The number of aryl methyl sites for hydroxylation is 1. The number of piperazine rings is 1. The number of nitrogens with one attached hydrogen (secondary N) is 1. The number of hydrogen-bond acceptors (Lipinski definition) is 4. The summed E-state index contributed by atoms with van der Waals surface area (Å²) < 4.78 is 38.1. The Balaban J connectivity index is 0.00000242. The molecule has 1 heterocycles. The number of hydrogen-bond donors (Lipinski definition) is 1. The standard InChI is InChI=1S/C15H22F2N2O2.2ClH/c1-10-8-11(20-2)13(12(9-10)21-3)14(15(16)17)19-6-4-18-5-7-19;;/h8-9,14-15,18H,4-7H2,1-3H3;2*1H/t14-;;/m0../s1. The van der Waals surface area contributed by atoms with Gasteiger partial charge >= 0.3 is 0 Å². The van der Waals surface area contributed by atoms with E-state index in [1.54, 1.807) is 17.0 Å². The molecule has 0 bridgehead atoms. The zero-order valence-corrected chi connectivity index (χ0v) is 15.1. The van der Waals surface area contributed by atoms with E-state index in [0.29, 0.717) is 43.2 Å². The molecule has 1 aliphatic heterocycles. The van der Waals surface area contributed by atoms with Crippen molar-refractivity contribution in [2.45, 2.75) is 19.4 Å². The van der Waals surface area contributed by atoms with Crippen LogP contribution in [0.25, 0.3) is 0 Å². The molecule has 0 aliphatic carbocycles. The van der Waals surface area contributed by atoms with Gasteiger partial charge < -0.3 is 14.8 Å². The van der Waals surface area contributed by atoms with Crippen molar-refractivity contribution in [2.24, 2.45) is 0 Å². The van der Waals surface area contributed by atoms with Crippen LogP contribution in [-0.4, -0.2) is 51.7 Å². The number of nitrogens with zero attached hydrogens (tertiary/aromatic N) is 1. The van der Waals surface area contributed by atoms with Gasteiger partial charge in [-0.3, -0.25) is 4.90 Å². The van der Waals surface area contributed by atoms with Crippen LogP contribution in [0.15, 0.2) is 12.1 Å². The molecule has 2 rings (SSSR count). The van der Waals surface area contributed by atoms with E-state index in [-0.39, 0.29) is 24.8 Å². The average molecular weight is 373 g/mol. The summed E-state index contributed by atoms with van der Waals surface area (Å²) in [6.45, 7) is 4.46. The van der Waals surface area contributed by atoms with Gasteiger partial charge in [0.1, 0.15) is 17.5 Å². The van der Waals surface area contributed by atoms with Gasteiger partial charge in [-0.25, -0.2) is 8.78 Å². The maximum atomic E-state index is 13.7. The highest BCUT2D eigenvalue weighted by molar-refractivity contribution is 5.85. The third kappa shape index (κ3) is 5.08. The van der Waals surface area contributed by atoms with Crippen molar-refractivity contribution in [3.05, 3.63) is 23.3 Å². The quantitative estimate of drug-likeness (QED) is 0.860. The lowest BCUT2D eigenvalue weighted by Crippen LogP contribution is -2.47. The summed E-state index contributed by atoms with van der Waals surface area (Å²) in [6.07, 6.45) is -2.51. The van der Waals surface area contributed by atoms with Crippen LogP contribution in [0.2, 0.25) is 0 Å². The lowest BCUT2D eigenvalue weighted by Gasteiger charge is -2.35. The number of benzene rings is 1. The molecule has 1 fully saturated rings. The Bertz CT molecular complexity index is 462. The maximum Gasteiger partial charge on any atom is 0.258 e.